The lowest BCUT2D eigenvalue weighted by atomic mass is 10.1. The number of benzene rings is 1. The number of amides is 1. The molecule has 1 aromatic rings. The van der Waals surface area contributed by atoms with Crippen molar-refractivity contribution in [2.24, 2.45) is 5.41 Å². The first-order chi connectivity index (χ1) is 9.06. The fourth-order valence-corrected chi connectivity index (χ4v) is 2.16. The lowest BCUT2D eigenvalue weighted by Gasteiger charge is -2.23. The van der Waals surface area contributed by atoms with E-state index in [0.717, 1.165) is 0 Å². The normalized spacial score (nSPS) is 15.5. The van der Waals surface area contributed by atoms with Gasteiger partial charge >= 0.3 is 5.97 Å². The Morgan fingerprint density at radius 1 is 1.21 bits per heavy atom. The van der Waals surface area contributed by atoms with Crippen LogP contribution >= 0.6 is 0 Å². The number of carbonyl (C=O) groups is 2. The standard InChI is InChI=1S/C14H17NO4/c1-15(10-6-4-5-7-11(10)18-2)12(16)14(8-9-14)13(17)19-3/h4-7H,8-9H2,1-3H3. The van der Waals surface area contributed by atoms with Crippen LogP contribution in [0.15, 0.2) is 24.3 Å². The molecule has 0 aliphatic heterocycles. The number of hydrogen-bond donors (Lipinski definition) is 0. The molecule has 1 fully saturated rings. The molecular weight excluding hydrogens is 246 g/mol. The van der Waals surface area contributed by atoms with Crippen molar-refractivity contribution in [1.82, 2.24) is 0 Å². The second-order valence-corrected chi connectivity index (χ2v) is 4.61. The molecule has 0 N–H and O–H groups in total. The van der Waals surface area contributed by atoms with Gasteiger partial charge in [-0.25, -0.2) is 0 Å². The van der Waals surface area contributed by atoms with Gasteiger partial charge in [0.15, 0.2) is 0 Å². The highest BCUT2D eigenvalue weighted by Crippen LogP contribution is 2.49. The fraction of sp³-hybridized carbons (Fsp3) is 0.429. The van der Waals surface area contributed by atoms with Crippen molar-refractivity contribution < 1.29 is 19.1 Å². The van der Waals surface area contributed by atoms with Crippen LogP contribution in [0.25, 0.3) is 0 Å². The number of para-hydroxylation sites is 2. The van der Waals surface area contributed by atoms with E-state index < -0.39 is 11.4 Å². The van der Waals surface area contributed by atoms with Gasteiger partial charge in [-0.05, 0) is 25.0 Å². The summed E-state index contributed by atoms with van der Waals surface area (Å²) in [7, 11) is 4.49. The molecule has 1 aliphatic rings. The molecule has 0 aromatic heterocycles. The molecule has 1 aromatic carbocycles. The zero-order chi connectivity index (χ0) is 14.0. The van der Waals surface area contributed by atoms with Gasteiger partial charge in [-0.2, -0.15) is 0 Å². The number of ether oxygens (including phenoxy) is 2. The van der Waals surface area contributed by atoms with Crippen LogP contribution in [-0.4, -0.2) is 33.1 Å². The number of methoxy groups -OCH3 is 2. The van der Waals surface area contributed by atoms with Crippen molar-refractivity contribution in [3.63, 3.8) is 0 Å². The fourth-order valence-electron chi connectivity index (χ4n) is 2.16. The second kappa shape index (κ2) is 4.91. The molecule has 0 saturated heterocycles. The number of rotatable bonds is 4. The van der Waals surface area contributed by atoms with Gasteiger partial charge in [0, 0.05) is 7.05 Å². The van der Waals surface area contributed by atoms with Crippen LogP contribution in [0.1, 0.15) is 12.8 Å². The lowest BCUT2D eigenvalue weighted by molar-refractivity contribution is -0.151. The predicted molar refractivity (Wildman–Crippen MR) is 70.1 cm³/mol. The molecule has 19 heavy (non-hydrogen) atoms. The molecule has 5 heteroatoms. The first kappa shape index (κ1) is 13.4. The van der Waals surface area contributed by atoms with Crippen molar-refractivity contribution in [2.75, 3.05) is 26.2 Å². The third-order valence-electron chi connectivity index (χ3n) is 3.49. The molecule has 0 heterocycles. The summed E-state index contributed by atoms with van der Waals surface area (Å²) >= 11 is 0. The quantitative estimate of drug-likeness (QED) is 0.611. The Balaban J connectivity index is 2.27. The molecule has 2 rings (SSSR count). The summed E-state index contributed by atoms with van der Waals surface area (Å²) < 4.78 is 9.95. The van der Waals surface area contributed by atoms with Gasteiger partial charge < -0.3 is 14.4 Å². The highest BCUT2D eigenvalue weighted by atomic mass is 16.5. The Hall–Kier alpha value is -2.04. The van der Waals surface area contributed by atoms with Gasteiger partial charge in [0.1, 0.15) is 11.2 Å². The van der Waals surface area contributed by atoms with Crippen LogP contribution < -0.4 is 9.64 Å². The molecule has 5 nitrogen and oxygen atoms in total. The Kier molecular flexibility index (Phi) is 3.46. The van der Waals surface area contributed by atoms with Gasteiger partial charge in [-0.3, -0.25) is 9.59 Å². The van der Waals surface area contributed by atoms with E-state index in [0.29, 0.717) is 24.3 Å². The summed E-state index contributed by atoms with van der Waals surface area (Å²) in [5, 5.41) is 0. The van der Waals surface area contributed by atoms with E-state index in [1.807, 2.05) is 12.1 Å². The SMILES string of the molecule is COC(=O)C1(C(=O)N(C)c2ccccc2OC)CC1. The smallest absolute Gasteiger partial charge is 0.321 e. The summed E-state index contributed by atoms with van der Waals surface area (Å²) in [6.07, 6.45) is 1.08. The Labute approximate surface area is 112 Å². The Morgan fingerprint density at radius 2 is 1.84 bits per heavy atom. The highest BCUT2D eigenvalue weighted by molar-refractivity contribution is 6.12. The molecule has 0 radical (unpaired) electrons. The average Bonchev–Trinajstić information content (AvgIpc) is 3.26. The number of carbonyl (C=O) groups excluding carboxylic acids is 2. The molecule has 0 bridgehead atoms. The average molecular weight is 263 g/mol. The Morgan fingerprint density at radius 3 is 2.37 bits per heavy atom. The number of anilines is 1. The van der Waals surface area contributed by atoms with Gasteiger partial charge in [-0.15, -0.1) is 0 Å². The van der Waals surface area contributed by atoms with Gasteiger partial charge in [-0.1, -0.05) is 12.1 Å². The van der Waals surface area contributed by atoms with Crippen LogP contribution in [-0.2, 0) is 14.3 Å². The van der Waals surface area contributed by atoms with Gasteiger partial charge in [0.2, 0.25) is 5.91 Å². The summed E-state index contributed by atoms with van der Waals surface area (Å²) in [5.74, 6) is -0.109. The van der Waals surface area contributed by atoms with Crippen molar-refractivity contribution in [2.45, 2.75) is 12.8 Å². The zero-order valence-electron chi connectivity index (χ0n) is 11.3. The lowest BCUT2D eigenvalue weighted by Crippen LogP contribution is -2.39. The monoisotopic (exact) mass is 263 g/mol. The minimum atomic E-state index is -0.996. The van der Waals surface area contributed by atoms with E-state index in [4.69, 9.17) is 9.47 Å². The van der Waals surface area contributed by atoms with Crippen LogP contribution in [0.5, 0.6) is 5.75 Å². The van der Waals surface area contributed by atoms with Crippen LogP contribution in [0.3, 0.4) is 0 Å². The van der Waals surface area contributed by atoms with Gasteiger partial charge in [0.25, 0.3) is 0 Å². The molecule has 0 atom stereocenters. The van der Waals surface area contributed by atoms with E-state index in [9.17, 15) is 9.59 Å². The minimum Gasteiger partial charge on any atom is -0.495 e. The number of hydrogen-bond acceptors (Lipinski definition) is 4. The molecule has 102 valence electrons. The number of nitrogens with zero attached hydrogens (tertiary/aromatic N) is 1. The Bertz CT molecular complexity index is 508. The summed E-state index contributed by atoms with van der Waals surface area (Å²) in [4.78, 5) is 25.7. The molecular formula is C14H17NO4. The second-order valence-electron chi connectivity index (χ2n) is 4.61. The maximum Gasteiger partial charge on any atom is 0.321 e. The minimum absolute atomic E-state index is 0.246. The van der Waals surface area contributed by atoms with E-state index >= 15 is 0 Å². The van der Waals surface area contributed by atoms with Crippen LogP contribution in [0, 0.1) is 5.41 Å². The maximum atomic E-state index is 12.5. The third-order valence-corrected chi connectivity index (χ3v) is 3.49. The molecule has 1 saturated carbocycles. The summed E-state index contributed by atoms with van der Waals surface area (Å²) in [6.45, 7) is 0. The van der Waals surface area contributed by atoms with Crippen LogP contribution in [0.4, 0.5) is 5.69 Å². The zero-order valence-corrected chi connectivity index (χ0v) is 11.3. The summed E-state index contributed by atoms with van der Waals surface area (Å²) in [6, 6.07) is 7.20. The van der Waals surface area contributed by atoms with Crippen molar-refractivity contribution in [3.05, 3.63) is 24.3 Å². The maximum absolute atomic E-state index is 12.5. The van der Waals surface area contributed by atoms with Crippen molar-refractivity contribution in [1.29, 1.82) is 0 Å². The molecule has 0 unspecified atom stereocenters. The van der Waals surface area contributed by atoms with E-state index in [1.54, 1.807) is 26.3 Å². The molecule has 0 spiro atoms. The van der Waals surface area contributed by atoms with E-state index in [1.165, 1.54) is 12.0 Å². The topological polar surface area (TPSA) is 55.8 Å². The van der Waals surface area contributed by atoms with Crippen LogP contribution in [0.2, 0.25) is 0 Å². The first-order valence-electron chi connectivity index (χ1n) is 6.06. The van der Waals surface area contributed by atoms with Crippen molar-refractivity contribution in [3.8, 4) is 5.75 Å². The largest absolute Gasteiger partial charge is 0.495 e. The van der Waals surface area contributed by atoms with E-state index in [-0.39, 0.29) is 5.91 Å². The van der Waals surface area contributed by atoms with E-state index in [2.05, 4.69) is 0 Å². The molecule has 1 aliphatic carbocycles. The first-order valence-corrected chi connectivity index (χ1v) is 6.06. The summed E-state index contributed by atoms with van der Waals surface area (Å²) in [5.41, 5.74) is -0.352. The predicted octanol–water partition coefficient (Wildman–Crippen LogP) is 1.61. The number of esters is 1. The molecule has 1 amide bonds. The third kappa shape index (κ3) is 2.16. The highest BCUT2D eigenvalue weighted by Gasteiger charge is 2.59. The van der Waals surface area contributed by atoms with Crippen molar-refractivity contribution >= 4 is 17.6 Å². The van der Waals surface area contributed by atoms with Gasteiger partial charge in [0.05, 0.1) is 19.9 Å².